The molecule has 2 aromatic rings. The van der Waals surface area contributed by atoms with Crippen LogP contribution in [-0.2, 0) is 9.53 Å². The molecule has 124 valence electrons. The summed E-state index contributed by atoms with van der Waals surface area (Å²) in [5.74, 6) is -1.28. The normalized spacial score (nSPS) is 11.4. The second-order valence-corrected chi connectivity index (χ2v) is 5.18. The Labute approximate surface area is 138 Å². The minimum atomic E-state index is -1.10. The van der Waals surface area contributed by atoms with Gasteiger partial charge < -0.3 is 10.1 Å². The van der Waals surface area contributed by atoms with Crippen LogP contribution < -0.4 is 5.32 Å². The molecule has 2 rings (SSSR count). The van der Waals surface area contributed by atoms with E-state index in [4.69, 9.17) is 4.74 Å². The number of nitro benzene ring substituents is 1. The van der Waals surface area contributed by atoms with Crippen molar-refractivity contribution in [1.82, 2.24) is 0 Å². The number of nitrogens with zero attached hydrogens (tertiary/aromatic N) is 1. The van der Waals surface area contributed by atoms with Crippen molar-refractivity contribution in [1.29, 1.82) is 0 Å². The number of para-hydroxylation sites is 2. The van der Waals surface area contributed by atoms with Crippen LogP contribution in [0.15, 0.2) is 48.5 Å². The SMILES string of the molecule is Cc1cccc(C(=O)O[C@H](C)C(=O)Nc2ccccc2[N+](=O)[O-])c1. The van der Waals surface area contributed by atoms with Gasteiger partial charge in [0.1, 0.15) is 5.69 Å². The van der Waals surface area contributed by atoms with E-state index in [-0.39, 0.29) is 11.4 Å². The molecule has 1 amide bonds. The van der Waals surface area contributed by atoms with Gasteiger partial charge in [0.15, 0.2) is 6.10 Å². The first kappa shape index (κ1) is 17.1. The van der Waals surface area contributed by atoms with Crippen LogP contribution in [0.4, 0.5) is 11.4 Å². The highest BCUT2D eigenvalue weighted by Crippen LogP contribution is 2.23. The highest BCUT2D eigenvalue weighted by molar-refractivity contribution is 5.98. The van der Waals surface area contributed by atoms with Gasteiger partial charge in [-0.15, -0.1) is 0 Å². The van der Waals surface area contributed by atoms with Gasteiger partial charge in [0.25, 0.3) is 11.6 Å². The van der Waals surface area contributed by atoms with Crippen molar-refractivity contribution < 1.29 is 19.2 Å². The Morgan fingerprint density at radius 1 is 1.17 bits per heavy atom. The number of anilines is 1. The Morgan fingerprint density at radius 2 is 1.88 bits per heavy atom. The molecule has 0 heterocycles. The number of nitrogens with one attached hydrogen (secondary N) is 1. The summed E-state index contributed by atoms with van der Waals surface area (Å²) >= 11 is 0. The monoisotopic (exact) mass is 328 g/mol. The smallest absolute Gasteiger partial charge is 0.338 e. The number of hydrogen-bond donors (Lipinski definition) is 1. The first-order valence-corrected chi connectivity index (χ1v) is 7.20. The fourth-order valence-electron chi connectivity index (χ4n) is 2.03. The third-order valence-electron chi connectivity index (χ3n) is 3.27. The van der Waals surface area contributed by atoms with Crippen LogP contribution in [0.1, 0.15) is 22.8 Å². The summed E-state index contributed by atoms with van der Waals surface area (Å²) < 4.78 is 5.10. The second kappa shape index (κ2) is 7.36. The number of carbonyl (C=O) groups is 2. The van der Waals surface area contributed by atoms with E-state index in [9.17, 15) is 19.7 Å². The summed E-state index contributed by atoms with van der Waals surface area (Å²) in [5, 5.41) is 13.3. The minimum Gasteiger partial charge on any atom is -0.449 e. The molecule has 0 bridgehead atoms. The Kier molecular flexibility index (Phi) is 5.26. The second-order valence-electron chi connectivity index (χ2n) is 5.18. The zero-order valence-corrected chi connectivity index (χ0v) is 13.2. The van der Waals surface area contributed by atoms with Crippen molar-refractivity contribution in [2.75, 3.05) is 5.32 Å². The van der Waals surface area contributed by atoms with Crippen LogP contribution in [-0.4, -0.2) is 22.9 Å². The third kappa shape index (κ3) is 4.16. The van der Waals surface area contributed by atoms with E-state index in [2.05, 4.69) is 5.32 Å². The number of ether oxygens (including phenoxy) is 1. The highest BCUT2D eigenvalue weighted by atomic mass is 16.6. The molecular weight excluding hydrogens is 312 g/mol. The van der Waals surface area contributed by atoms with Crippen molar-refractivity contribution in [2.24, 2.45) is 0 Å². The number of aryl methyl sites for hydroxylation is 1. The van der Waals surface area contributed by atoms with Gasteiger partial charge in [0.2, 0.25) is 0 Å². The molecule has 24 heavy (non-hydrogen) atoms. The molecule has 7 heteroatoms. The minimum absolute atomic E-state index is 0.0472. The van der Waals surface area contributed by atoms with Gasteiger partial charge in [-0.3, -0.25) is 14.9 Å². The molecule has 1 atom stereocenters. The summed E-state index contributed by atoms with van der Waals surface area (Å²) in [7, 11) is 0. The molecule has 7 nitrogen and oxygen atoms in total. The van der Waals surface area contributed by atoms with Crippen molar-refractivity contribution >= 4 is 23.3 Å². The number of nitro groups is 1. The fraction of sp³-hybridized carbons (Fsp3) is 0.176. The summed E-state index contributed by atoms with van der Waals surface area (Å²) in [6.45, 7) is 3.24. The van der Waals surface area contributed by atoms with E-state index >= 15 is 0 Å². The maximum Gasteiger partial charge on any atom is 0.338 e. The summed E-state index contributed by atoms with van der Waals surface area (Å²) in [4.78, 5) is 34.5. The highest BCUT2D eigenvalue weighted by Gasteiger charge is 2.22. The lowest BCUT2D eigenvalue weighted by Gasteiger charge is -2.13. The van der Waals surface area contributed by atoms with Gasteiger partial charge in [0, 0.05) is 6.07 Å². The Morgan fingerprint density at radius 3 is 2.54 bits per heavy atom. The van der Waals surface area contributed by atoms with Gasteiger partial charge in [-0.25, -0.2) is 4.79 Å². The first-order valence-electron chi connectivity index (χ1n) is 7.20. The standard InChI is InChI=1S/C17H16N2O5/c1-11-6-5-7-13(10-11)17(21)24-12(2)16(20)18-14-8-3-4-9-15(14)19(22)23/h3-10,12H,1-2H3,(H,18,20)/t12-/m1/s1. The number of carbonyl (C=O) groups excluding carboxylic acids is 2. The van der Waals surface area contributed by atoms with E-state index in [1.54, 1.807) is 24.3 Å². The molecule has 0 fully saturated rings. The molecule has 0 aliphatic rings. The molecule has 1 N–H and O–H groups in total. The lowest BCUT2D eigenvalue weighted by molar-refractivity contribution is -0.383. The van der Waals surface area contributed by atoms with Crippen molar-refractivity contribution in [3.05, 3.63) is 69.8 Å². The largest absolute Gasteiger partial charge is 0.449 e. The van der Waals surface area contributed by atoms with Crippen LogP contribution in [0.5, 0.6) is 0 Å². The van der Waals surface area contributed by atoms with Crippen LogP contribution in [0.3, 0.4) is 0 Å². The topological polar surface area (TPSA) is 98.5 Å². The Hall–Kier alpha value is -3.22. The molecular formula is C17H16N2O5. The first-order chi connectivity index (χ1) is 11.4. The predicted molar refractivity (Wildman–Crippen MR) is 87.8 cm³/mol. The van der Waals surface area contributed by atoms with E-state index in [0.29, 0.717) is 5.56 Å². The van der Waals surface area contributed by atoms with E-state index in [1.807, 2.05) is 13.0 Å². The van der Waals surface area contributed by atoms with Gasteiger partial charge in [-0.05, 0) is 32.0 Å². The molecule has 0 radical (unpaired) electrons. The predicted octanol–water partition coefficient (Wildman–Crippen LogP) is 3.09. The van der Waals surface area contributed by atoms with Crippen LogP contribution in [0.2, 0.25) is 0 Å². The van der Waals surface area contributed by atoms with Crippen LogP contribution in [0.25, 0.3) is 0 Å². The van der Waals surface area contributed by atoms with E-state index in [1.165, 1.54) is 25.1 Å². The van der Waals surface area contributed by atoms with E-state index in [0.717, 1.165) is 5.56 Å². The Bertz CT molecular complexity index is 788. The number of rotatable bonds is 5. The number of amides is 1. The van der Waals surface area contributed by atoms with Crippen LogP contribution in [0, 0.1) is 17.0 Å². The maximum atomic E-state index is 12.1. The number of hydrogen-bond acceptors (Lipinski definition) is 5. The molecule has 0 spiro atoms. The van der Waals surface area contributed by atoms with Gasteiger partial charge in [0.05, 0.1) is 10.5 Å². The zero-order chi connectivity index (χ0) is 17.7. The molecule has 2 aromatic carbocycles. The maximum absolute atomic E-state index is 12.1. The molecule has 0 unspecified atom stereocenters. The molecule has 0 aliphatic carbocycles. The molecule has 0 aromatic heterocycles. The molecule has 0 aliphatic heterocycles. The quantitative estimate of drug-likeness (QED) is 0.516. The summed E-state index contributed by atoms with van der Waals surface area (Å²) in [6.07, 6.45) is -1.10. The zero-order valence-electron chi connectivity index (χ0n) is 13.2. The molecule has 0 saturated heterocycles. The average molecular weight is 328 g/mol. The Balaban J connectivity index is 2.05. The van der Waals surface area contributed by atoms with Gasteiger partial charge in [-0.2, -0.15) is 0 Å². The van der Waals surface area contributed by atoms with Crippen LogP contribution >= 0.6 is 0 Å². The van der Waals surface area contributed by atoms with Gasteiger partial charge >= 0.3 is 5.97 Å². The lowest BCUT2D eigenvalue weighted by atomic mass is 10.1. The van der Waals surface area contributed by atoms with Crippen molar-refractivity contribution in [3.63, 3.8) is 0 Å². The number of esters is 1. The van der Waals surface area contributed by atoms with Crippen molar-refractivity contribution in [2.45, 2.75) is 20.0 Å². The summed E-state index contributed by atoms with van der Waals surface area (Å²) in [5.41, 5.74) is 1.04. The third-order valence-corrected chi connectivity index (χ3v) is 3.27. The van der Waals surface area contributed by atoms with Crippen molar-refractivity contribution in [3.8, 4) is 0 Å². The molecule has 0 saturated carbocycles. The fourth-order valence-corrected chi connectivity index (χ4v) is 2.03. The summed E-state index contributed by atoms with van der Waals surface area (Å²) in [6, 6.07) is 12.5. The van der Waals surface area contributed by atoms with Gasteiger partial charge in [-0.1, -0.05) is 29.8 Å². The lowest BCUT2D eigenvalue weighted by Crippen LogP contribution is -2.30. The average Bonchev–Trinajstić information content (AvgIpc) is 2.55. The van der Waals surface area contributed by atoms with E-state index < -0.39 is 22.9 Å². The number of benzene rings is 2.